The zero-order chi connectivity index (χ0) is 22.3. The highest BCUT2D eigenvalue weighted by Crippen LogP contribution is 2.25. The van der Waals surface area contributed by atoms with Crippen molar-refractivity contribution in [3.63, 3.8) is 0 Å². The van der Waals surface area contributed by atoms with Crippen LogP contribution in [0.3, 0.4) is 0 Å². The highest BCUT2D eigenvalue weighted by Gasteiger charge is 2.15. The molecule has 2 N–H and O–H groups in total. The molecule has 0 fully saturated rings. The molecule has 3 aromatic carbocycles. The maximum atomic E-state index is 12.6. The number of benzene rings is 3. The molecule has 0 radical (unpaired) electrons. The van der Waals surface area contributed by atoms with Gasteiger partial charge in [-0.15, -0.1) is 0 Å². The predicted octanol–water partition coefficient (Wildman–Crippen LogP) is 5.28. The van der Waals surface area contributed by atoms with Crippen LogP contribution in [0.15, 0.2) is 66.7 Å². The minimum atomic E-state index is -0.538. The molecule has 0 bridgehead atoms. The maximum Gasteiger partial charge on any atom is 0.340 e. The molecule has 164 valence electrons. The van der Waals surface area contributed by atoms with E-state index in [1.165, 1.54) is 11.1 Å². The Balaban J connectivity index is 1.29. The number of fused-ring (bicyclic) bond motifs is 1. The van der Waals surface area contributed by atoms with Crippen LogP contribution >= 0.6 is 11.6 Å². The van der Waals surface area contributed by atoms with E-state index in [1.54, 1.807) is 12.1 Å². The van der Waals surface area contributed by atoms with Crippen LogP contribution in [0.5, 0.6) is 0 Å². The quantitative estimate of drug-likeness (QED) is 0.460. The minimum absolute atomic E-state index is 0.338. The van der Waals surface area contributed by atoms with Crippen molar-refractivity contribution in [1.82, 2.24) is 0 Å². The summed E-state index contributed by atoms with van der Waals surface area (Å²) in [6.07, 6.45) is 4.06. The van der Waals surface area contributed by atoms with Crippen molar-refractivity contribution >= 4 is 34.9 Å². The molecule has 0 aromatic heterocycles. The average Bonchev–Trinajstić information content (AvgIpc) is 3.27. The van der Waals surface area contributed by atoms with Gasteiger partial charge in [0.25, 0.3) is 5.91 Å². The molecule has 5 nitrogen and oxygen atoms in total. The summed E-state index contributed by atoms with van der Waals surface area (Å²) < 4.78 is 5.27. The first-order chi connectivity index (χ1) is 15.6. The number of carbonyl (C=O) groups is 2. The van der Waals surface area contributed by atoms with Crippen molar-refractivity contribution < 1.29 is 14.3 Å². The van der Waals surface area contributed by atoms with E-state index in [1.807, 2.05) is 48.5 Å². The predicted molar refractivity (Wildman–Crippen MR) is 127 cm³/mol. The van der Waals surface area contributed by atoms with Gasteiger partial charge >= 0.3 is 5.97 Å². The Hall–Kier alpha value is -3.31. The van der Waals surface area contributed by atoms with Crippen molar-refractivity contribution in [3.05, 3.63) is 94.0 Å². The minimum Gasteiger partial charge on any atom is -0.452 e. The summed E-state index contributed by atoms with van der Waals surface area (Å²) in [7, 11) is 0. The van der Waals surface area contributed by atoms with E-state index >= 15 is 0 Å². The van der Waals surface area contributed by atoms with Crippen LogP contribution in [0.4, 0.5) is 11.4 Å². The molecule has 32 heavy (non-hydrogen) atoms. The van der Waals surface area contributed by atoms with E-state index in [0.29, 0.717) is 22.8 Å². The van der Waals surface area contributed by atoms with Gasteiger partial charge in [-0.3, -0.25) is 4.79 Å². The molecule has 0 spiro atoms. The summed E-state index contributed by atoms with van der Waals surface area (Å²) >= 11 is 5.92. The van der Waals surface area contributed by atoms with Gasteiger partial charge in [-0.2, -0.15) is 0 Å². The second-order valence-electron chi connectivity index (χ2n) is 7.81. The Morgan fingerprint density at radius 2 is 1.72 bits per heavy atom. The summed E-state index contributed by atoms with van der Waals surface area (Å²) in [6, 6.07) is 20.7. The van der Waals surface area contributed by atoms with Crippen LogP contribution in [0.25, 0.3) is 0 Å². The number of esters is 1. The van der Waals surface area contributed by atoms with E-state index in [9.17, 15) is 9.59 Å². The van der Waals surface area contributed by atoms with E-state index in [0.717, 1.165) is 36.9 Å². The third-order valence-electron chi connectivity index (χ3n) is 5.51. The molecule has 0 atom stereocenters. The van der Waals surface area contributed by atoms with E-state index in [2.05, 4.69) is 16.7 Å². The number of rotatable bonds is 8. The molecule has 6 heteroatoms. The Labute approximate surface area is 192 Å². The lowest BCUT2D eigenvalue weighted by Crippen LogP contribution is -2.21. The van der Waals surface area contributed by atoms with Crippen LogP contribution in [0.2, 0.25) is 5.02 Å². The van der Waals surface area contributed by atoms with Gasteiger partial charge in [-0.1, -0.05) is 41.9 Å². The summed E-state index contributed by atoms with van der Waals surface area (Å²) in [5, 5.41) is 6.79. The van der Waals surface area contributed by atoms with E-state index in [4.69, 9.17) is 16.3 Å². The molecule has 1 amide bonds. The van der Waals surface area contributed by atoms with Crippen molar-refractivity contribution in [1.29, 1.82) is 0 Å². The molecule has 3 aromatic rings. The van der Waals surface area contributed by atoms with Crippen LogP contribution in [0.1, 0.15) is 33.5 Å². The molecule has 0 heterocycles. The van der Waals surface area contributed by atoms with Gasteiger partial charge in [0.15, 0.2) is 6.61 Å². The first kappa shape index (κ1) is 21.9. The lowest BCUT2D eigenvalue weighted by molar-refractivity contribution is -0.119. The van der Waals surface area contributed by atoms with Gasteiger partial charge in [-0.25, -0.2) is 4.79 Å². The number of aryl methyl sites for hydroxylation is 2. The number of ether oxygens (including phenoxy) is 1. The van der Waals surface area contributed by atoms with Gasteiger partial charge in [0.2, 0.25) is 0 Å². The molecule has 0 saturated carbocycles. The van der Waals surface area contributed by atoms with Crippen molar-refractivity contribution in [2.45, 2.75) is 25.7 Å². The Morgan fingerprint density at radius 1 is 0.938 bits per heavy atom. The molecule has 4 rings (SSSR count). The van der Waals surface area contributed by atoms with Crippen molar-refractivity contribution in [2.24, 2.45) is 0 Å². The van der Waals surface area contributed by atoms with Crippen molar-refractivity contribution in [2.75, 3.05) is 23.8 Å². The fourth-order valence-corrected chi connectivity index (χ4v) is 3.99. The van der Waals surface area contributed by atoms with Crippen LogP contribution < -0.4 is 10.6 Å². The SMILES string of the molecule is O=C(COC(=O)c1ccccc1NCCc1ccc(Cl)cc1)Nc1ccc2c(c1)CCC2. The molecule has 0 unspecified atom stereocenters. The molecular formula is C26H25ClN2O3. The lowest BCUT2D eigenvalue weighted by Gasteiger charge is -2.12. The monoisotopic (exact) mass is 448 g/mol. The number of anilines is 2. The second-order valence-corrected chi connectivity index (χ2v) is 8.25. The number of hydrogen-bond acceptors (Lipinski definition) is 4. The second kappa shape index (κ2) is 10.3. The highest BCUT2D eigenvalue weighted by molar-refractivity contribution is 6.30. The van der Waals surface area contributed by atoms with Gasteiger partial charge in [-0.05, 0) is 78.8 Å². The summed E-state index contributed by atoms with van der Waals surface area (Å²) in [4.78, 5) is 24.9. The van der Waals surface area contributed by atoms with Crippen LogP contribution in [-0.4, -0.2) is 25.0 Å². The standard InChI is InChI=1S/C26H25ClN2O3/c27-21-11-8-18(9-12-21)14-15-28-24-7-2-1-6-23(24)26(31)32-17-25(30)29-22-13-10-19-4-3-5-20(19)16-22/h1-2,6-13,16,28H,3-5,14-15,17H2,(H,29,30). The molecule has 0 aliphatic heterocycles. The van der Waals surface area contributed by atoms with Gasteiger partial charge in [0, 0.05) is 22.9 Å². The topological polar surface area (TPSA) is 67.4 Å². The Bertz CT molecular complexity index is 1110. The van der Waals surface area contributed by atoms with E-state index < -0.39 is 5.97 Å². The fraction of sp³-hybridized carbons (Fsp3) is 0.231. The first-order valence-corrected chi connectivity index (χ1v) is 11.1. The summed E-state index contributed by atoms with van der Waals surface area (Å²) in [6.45, 7) is 0.305. The number of nitrogens with one attached hydrogen (secondary N) is 2. The third kappa shape index (κ3) is 5.68. The maximum absolute atomic E-state index is 12.6. The zero-order valence-electron chi connectivity index (χ0n) is 17.7. The molecule has 1 aliphatic carbocycles. The fourth-order valence-electron chi connectivity index (χ4n) is 3.86. The molecule has 0 saturated heterocycles. The normalized spacial score (nSPS) is 12.2. The zero-order valence-corrected chi connectivity index (χ0v) is 18.5. The largest absolute Gasteiger partial charge is 0.452 e. The number of carbonyl (C=O) groups excluding carboxylic acids is 2. The Kier molecular flexibility index (Phi) is 7.07. The van der Waals surface area contributed by atoms with Crippen LogP contribution in [0, 0.1) is 0 Å². The third-order valence-corrected chi connectivity index (χ3v) is 5.76. The lowest BCUT2D eigenvalue weighted by atomic mass is 10.1. The van der Waals surface area contributed by atoms with E-state index in [-0.39, 0.29) is 12.5 Å². The summed E-state index contributed by atoms with van der Waals surface area (Å²) in [5.41, 5.74) is 5.56. The van der Waals surface area contributed by atoms with Gasteiger partial charge in [0.05, 0.1) is 5.56 Å². The molecule has 1 aliphatic rings. The number of para-hydroxylation sites is 1. The van der Waals surface area contributed by atoms with Gasteiger partial charge < -0.3 is 15.4 Å². The number of amides is 1. The number of halogens is 1. The van der Waals surface area contributed by atoms with Gasteiger partial charge in [0.1, 0.15) is 0 Å². The van der Waals surface area contributed by atoms with Crippen LogP contribution in [-0.2, 0) is 28.8 Å². The smallest absolute Gasteiger partial charge is 0.340 e. The number of hydrogen-bond donors (Lipinski definition) is 2. The highest BCUT2D eigenvalue weighted by atomic mass is 35.5. The average molecular weight is 449 g/mol. The van der Waals surface area contributed by atoms with Crippen molar-refractivity contribution in [3.8, 4) is 0 Å². The Morgan fingerprint density at radius 3 is 2.56 bits per heavy atom. The molecular weight excluding hydrogens is 424 g/mol. The first-order valence-electron chi connectivity index (χ1n) is 10.7. The summed E-state index contributed by atoms with van der Waals surface area (Å²) in [5.74, 6) is -0.895.